The first-order valence-electron chi connectivity index (χ1n) is 5.75. The van der Waals surface area contributed by atoms with E-state index in [1.807, 2.05) is 0 Å². The molecule has 1 fully saturated rings. The molecule has 0 bridgehead atoms. The molecule has 0 spiro atoms. The molecule has 1 heterocycles. The highest BCUT2D eigenvalue weighted by atomic mass is 33.1. The number of aliphatic hydroxyl groups excluding tert-OH is 3. The van der Waals surface area contributed by atoms with Gasteiger partial charge < -0.3 is 25.8 Å². The van der Waals surface area contributed by atoms with E-state index in [0.717, 1.165) is 10.8 Å². The van der Waals surface area contributed by atoms with E-state index in [1.54, 1.807) is 18.2 Å². The highest BCUT2D eigenvalue weighted by molar-refractivity contribution is 8.68. The molecule has 20 heavy (non-hydrogen) atoms. The minimum absolute atomic E-state index is 0.132. The highest BCUT2D eigenvalue weighted by Crippen LogP contribution is 2.47. The molecule has 5 nitrogen and oxygen atoms in total. The Morgan fingerprint density at radius 2 is 2.25 bits per heavy atom. The minimum Gasteiger partial charge on any atom is -0.389 e. The molecule has 0 aliphatic carbocycles. The average molecular weight is 332 g/mol. The van der Waals surface area contributed by atoms with Crippen molar-refractivity contribution in [2.24, 2.45) is 5.73 Å². The molecular formula is C12H14NO4S3. The number of nitrogens with two attached hydrogens (primary N) is 1. The molecule has 0 aromatic heterocycles. The number of benzene rings is 1. The first-order chi connectivity index (χ1) is 9.44. The molecule has 2 rings (SSSR count). The van der Waals surface area contributed by atoms with Crippen LogP contribution in [-0.2, 0) is 9.67 Å². The number of thiol groups is 1. The zero-order chi connectivity index (χ0) is 14.9. The molecule has 1 aromatic rings. The molecule has 5 N–H and O–H groups in total. The second-order valence-electron chi connectivity index (χ2n) is 4.41. The monoisotopic (exact) mass is 332 g/mol. The lowest BCUT2D eigenvalue weighted by Gasteiger charge is -2.44. The second-order valence-corrected chi connectivity index (χ2v) is 6.19. The maximum absolute atomic E-state index is 10.3. The predicted molar refractivity (Wildman–Crippen MR) is 83.4 cm³/mol. The van der Waals surface area contributed by atoms with E-state index in [9.17, 15) is 15.3 Å². The summed E-state index contributed by atoms with van der Waals surface area (Å²) in [5.41, 5.74) is 6.64. The lowest BCUT2D eigenvalue weighted by Crippen LogP contribution is -2.57. The maximum atomic E-state index is 10.3. The smallest absolute Gasteiger partial charge is 0.177 e. The van der Waals surface area contributed by atoms with Crippen molar-refractivity contribution in [2.75, 3.05) is 6.61 Å². The largest absolute Gasteiger partial charge is 0.389 e. The van der Waals surface area contributed by atoms with E-state index < -0.39 is 23.2 Å². The molecular weight excluding hydrogens is 318 g/mol. The van der Waals surface area contributed by atoms with Gasteiger partial charge in [-0.2, -0.15) is 0 Å². The van der Waals surface area contributed by atoms with E-state index in [-0.39, 0.29) is 11.6 Å². The summed E-state index contributed by atoms with van der Waals surface area (Å²) in [5, 5.41) is 29.8. The van der Waals surface area contributed by atoms with Crippen LogP contribution in [0.1, 0.15) is 11.1 Å². The normalized spacial score (nSPS) is 33.9. The molecule has 1 aliphatic rings. The predicted octanol–water partition coefficient (Wildman–Crippen LogP) is -0.0353. The van der Waals surface area contributed by atoms with Crippen molar-refractivity contribution in [3.8, 4) is 0 Å². The fourth-order valence-electron chi connectivity index (χ4n) is 2.13. The molecule has 8 heteroatoms. The fraction of sp³-hybridized carbons (Fsp3) is 0.417. The second kappa shape index (κ2) is 6.18. The van der Waals surface area contributed by atoms with Gasteiger partial charge in [0.15, 0.2) is 4.93 Å². The standard InChI is InChI=1S/C12H14NO4S3/c13-11(18)6-3-1-2-4-7(6)12(20-19)10(16)9(15)8(14)5-17-12/h1,3-4,8-10,14-16,19H,5H2,(H2,13,18)/t8-,9-,10+,12-/m1/s1. The lowest BCUT2D eigenvalue weighted by molar-refractivity contribution is -0.204. The Labute approximate surface area is 130 Å². The number of rotatable bonds is 3. The lowest BCUT2D eigenvalue weighted by atomic mass is 9.91. The molecule has 4 atom stereocenters. The zero-order valence-electron chi connectivity index (χ0n) is 10.3. The Morgan fingerprint density at radius 3 is 2.85 bits per heavy atom. The number of thiocarbonyl (C=S) groups is 1. The summed E-state index contributed by atoms with van der Waals surface area (Å²) in [6, 6.07) is 7.72. The Morgan fingerprint density at radius 1 is 1.55 bits per heavy atom. The summed E-state index contributed by atoms with van der Waals surface area (Å²) in [4.78, 5) is -1.25. The van der Waals surface area contributed by atoms with Gasteiger partial charge in [0, 0.05) is 11.1 Å². The molecule has 1 radical (unpaired) electrons. The Kier molecular flexibility index (Phi) is 4.96. The van der Waals surface area contributed by atoms with Gasteiger partial charge in [-0.25, -0.2) is 0 Å². The van der Waals surface area contributed by atoms with Crippen LogP contribution in [0.4, 0.5) is 0 Å². The van der Waals surface area contributed by atoms with Gasteiger partial charge in [-0.3, -0.25) is 0 Å². The van der Waals surface area contributed by atoms with Crippen molar-refractivity contribution in [1.82, 2.24) is 0 Å². The van der Waals surface area contributed by atoms with E-state index >= 15 is 0 Å². The third-order valence-electron chi connectivity index (χ3n) is 3.22. The summed E-state index contributed by atoms with van der Waals surface area (Å²) >= 11 is 9.14. The first-order valence-corrected chi connectivity index (χ1v) is 8.03. The van der Waals surface area contributed by atoms with Crippen LogP contribution in [0.2, 0.25) is 0 Å². The van der Waals surface area contributed by atoms with Crippen molar-refractivity contribution >= 4 is 39.7 Å². The highest BCUT2D eigenvalue weighted by Gasteiger charge is 2.51. The maximum Gasteiger partial charge on any atom is 0.177 e. The van der Waals surface area contributed by atoms with Gasteiger partial charge in [0.05, 0.1) is 6.61 Å². The van der Waals surface area contributed by atoms with E-state index in [0.29, 0.717) is 11.1 Å². The van der Waals surface area contributed by atoms with Crippen molar-refractivity contribution < 1.29 is 20.1 Å². The van der Waals surface area contributed by atoms with E-state index in [4.69, 9.17) is 22.7 Å². The first kappa shape index (κ1) is 16.0. The van der Waals surface area contributed by atoms with Crippen LogP contribution >= 0.6 is 34.7 Å². The van der Waals surface area contributed by atoms with Crippen LogP contribution in [0.25, 0.3) is 0 Å². The molecule has 0 saturated carbocycles. The van der Waals surface area contributed by atoms with E-state index in [2.05, 4.69) is 17.7 Å². The van der Waals surface area contributed by atoms with Crippen molar-refractivity contribution in [3.05, 3.63) is 35.4 Å². The van der Waals surface area contributed by atoms with Gasteiger partial charge in [-0.1, -0.05) is 35.1 Å². The summed E-state index contributed by atoms with van der Waals surface area (Å²) in [6.07, 6.45) is -3.92. The molecule has 1 aromatic carbocycles. The summed E-state index contributed by atoms with van der Waals surface area (Å²) in [7, 11) is 0.908. The molecule has 0 unspecified atom stereocenters. The fourth-order valence-corrected chi connectivity index (χ4v) is 3.72. The van der Waals surface area contributed by atoms with Gasteiger partial charge >= 0.3 is 0 Å². The van der Waals surface area contributed by atoms with E-state index in [1.165, 1.54) is 0 Å². The molecule has 109 valence electrons. The number of ether oxygens (including phenoxy) is 1. The SMILES string of the molecule is NC(=S)c1cc[c]cc1[C@]1(SS)OC[C@@H](O)[C@@H](O)[C@@H]1O. The number of hydrogen-bond donors (Lipinski definition) is 5. The Bertz CT molecular complexity index is 515. The molecule has 1 saturated heterocycles. The van der Waals surface area contributed by atoms with Gasteiger partial charge in [0.2, 0.25) is 0 Å². The van der Waals surface area contributed by atoms with Gasteiger partial charge in [0.1, 0.15) is 23.3 Å². The van der Waals surface area contributed by atoms with Gasteiger partial charge in [-0.05, 0) is 12.1 Å². The third-order valence-corrected chi connectivity index (χ3v) is 5.10. The zero-order valence-corrected chi connectivity index (χ0v) is 12.8. The minimum atomic E-state index is -1.39. The quantitative estimate of drug-likeness (QED) is 0.301. The Balaban J connectivity index is 2.54. The summed E-state index contributed by atoms with van der Waals surface area (Å²) < 4.78 is 5.58. The average Bonchev–Trinajstić information content (AvgIpc) is 2.46. The topological polar surface area (TPSA) is 95.9 Å². The number of aliphatic hydroxyl groups is 3. The van der Waals surface area contributed by atoms with Crippen LogP contribution in [0, 0.1) is 6.07 Å². The van der Waals surface area contributed by atoms with Crippen LogP contribution in [-0.4, -0.2) is 45.2 Å². The summed E-state index contributed by atoms with van der Waals surface area (Å²) in [6.45, 7) is -0.141. The third kappa shape index (κ3) is 2.57. The van der Waals surface area contributed by atoms with Crippen molar-refractivity contribution in [3.63, 3.8) is 0 Å². The van der Waals surface area contributed by atoms with Gasteiger partial charge in [-0.15, -0.1) is 11.7 Å². The Hall–Kier alpha value is -0.350. The van der Waals surface area contributed by atoms with Crippen LogP contribution in [0.3, 0.4) is 0 Å². The van der Waals surface area contributed by atoms with Crippen molar-refractivity contribution in [1.29, 1.82) is 0 Å². The number of hydrogen-bond acceptors (Lipinski definition) is 7. The van der Waals surface area contributed by atoms with Crippen molar-refractivity contribution in [2.45, 2.75) is 23.2 Å². The van der Waals surface area contributed by atoms with Crippen LogP contribution in [0.15, 0.2) is 18.2 Å². The molecule has 1 aliphatic heterocycles. The van der Waals surface area contributed by atoms with Crippen LogP contribution < -0.4 is 5.73 Å². The molecule has 0 amide bonds. The van der Waals surface area contributed by atoms with Gasteiger partial charge in [0.25, 0.3) is 0 Å². The van der Waals surface area contributed by atoms with Crippen LogP contribution in [0.5, 0.6) is 0 Å². The summed E-state index contributed by atoms with van der Waals surface area (Å²) in [5.74, 6) is 0.